The minimum atomic E-state index is -0.769. The van der Waals surface area contributed by atoms with Crippen molar-refractivity contribution in [2.24, 2.45) is 11.8 Å². The van der Waals surface area contributed by atoms with Gasteiger partial charge in [0, 0.05) is 18.6 Å². The molecule has 7 heteroatoms. The van der Waals surface area contributed by atoms with Crippen molar-refractivity contribution in [1.29, 1.82) is 0 Å². The number of benzene rings is 1. The van der Waals surface area contributed by atoms with E-state index in [-0.39, 0.29) is 30.8 Å². The monoisotopic (exact) mass is 391 g/mol. The van der Waals surface area contributed by atoms with Gasteiger partial charge in [0.15, 0.2) is 6.29 Å². The Morgan fingerprint density at radius 2 is 2.04 bits per heavy atom. The van der Waals surface area contributed by atoms with Crippen molar-refractivity contribution in [2.75, 3.05) is 13.2 Å². The Kier molecular flexibility index (Phi) is 7.28. The Morgan fingerprint density at radius 3 is 2.71 bits per heavy atom. The third-order valence-corrected chi connectivity index (χ3v) is 5.28. The number of hydrogen-bond acceptors (Lipinski definition) is 6. The van der Waals surface area contributed by atoms with Gasteiger partial charge in [0.2, 0.25) is 5.91 Å². The van der Waals surface area contributed by atoms with E-state index in [2.05, 4.69) is 5.32 Å². The van der Waals surface area contributed by atoms with E-state index >= 15 is 0 Å². The van der Waals surface area contributed by atoms with Crippen molar-refractivity contribution < 1.29 is 28.5 Å². The first-order valence-corrected chi connectivity index (χ1v) is 9.95. The normalized spacial score (nSPS) is 26.5. The van der Waals surface area contributed by atoms with Crippen LogP contribution in [0.1, 0.15) is 38.7 Å². The average molecular weight is 391 g/mol. The number of amides is 1. The molecule has 0 aromatic heterocycles. The number of ether oxygens (including phenoxy) is 4. The van der Waals surface area contributed by atoms with Gasteiger partial charge in [-0.3, -0.25) is 4.79 Å². The fourth-order valence-corrected chi connectivity index (χ4v) is 3.60. The van der Waals surface area contributed by atoms with Crippen molar-refractivity contribution in [2.45, 2.75) is 58.2 Å². The van der Waals surface area contributed by atoms with E-state index < -0.39 is 18.2 Å². The van der Waals surface area contributed by atoms with Gasteiger partial charge in [0.05, 0.1) is 12.5 Å². The van der Waals surface area contributed by atoms with E-state index in [4.69, 9.17) is 18.9 Å². The van der Waals surface area contributed by atoms with E-state index in [9.17, 15) is 9.59 Å². The molecule has 2 fully saturated rings. The third kappa shape index (κ3) is 5.45. The molecule has 0 bridgehead atoms. The molecule has 1 aromatic carbocycles. The highest BCUT2D eigenvalue weighted by molar-refractivity contribution is 5.86. The summed E-state index contributed by atoms with van der Waals surface area (Å²) in [6.45, 7) is 5.09. The Morgan fingerprint density at radius 1 is 1.25 bits per heavy atom. The van der Waals surface area contributed by atoms with E-state index in [1.807, 2.05) is 37.3 Å². The molecular weight excluding hydrogens is 362 g/mol. The maximum Gasteiger partial charge on any atom is 0.508 e. The largest absolute Gasteiger partial charge is 0.508 e. The van der Waals surface area contributed by atoms with Crippen LogP contribution in [0.5, 0.6) is 0 Å². The Hall–Kier alpha value is -2.12. The minimum absolute atomic E-state index is 0.0830. The Labute approximate surface area is 165 Å². The van der Waals surface area contributed by atoms with Crippen molar-refractivity contribution in [3.63, 3.8) is 0 Å². The highest BCUT2D eigenvalue weighted by atomic mass is 16.7. The lowest BCUT2D eigenvalue weighted by atomic mass is 9.79. The topological polar surface area (TPSA) is 83.1 Å². The third-order valence-electron chi connectivity index (χ3n) is 5.28. The zero-order valence-corrected chi connectivity index (χ0v) is 16.5. The minimum Gasteiger partial charge on any atom is -0.430 e. The summed E-state index contributed by atoms with van der Waals surface area (Å²) in [6, 6.07) is 9.27. The Balaban J connectivity index is 1.42. The number of hydrogen-bond donors (Lipinski definition) is 1. The summed E-state index contributed by atoms with van der Waals surface area (Å²) in [7, 11) is 0. The van der Waals surface area contributed by atoms with E-state index in [0.29, 0.717) is 6.61 Å². The van der Waals surface area contributed by atoms with Gasteiger partial charge in [0.1, 0.15) is 12.7 Å². The number of nitrogens with one attached hydrogen (secondary N) is 1. The van der Waals surface area contributed by atoms with Crippen LogP contribution in [0.15, 0.2) is 30.3 Å². The van der Waals surface area contributed by atoms with Gasteiger partial charge >= 0.3 is 6.16 Å². The zero-order valence-electron chi connectivity index (χ0n) is 16.5. The first kappa shape index (κ1) is 20.6. The molecule has 0 aliphatic carbocycles. The maximum atomic E-state index is 12.0. The molecule has 2 heterocycles. The quantitative estimate of drug-likeness (QED) is 0.542. The SMILES string of the molecule is CC(COC1CCCCO1)C1NC(=O)C1C(C)OC(=O)OCc1ccccc1. The van der Waals surface area contributed by atoms with Crippen molar-refractivity contribution in [3.8, 4) is 0 Å². The van der Waals surface area contributed by atoms with E-state index in [0.717, 1.165) is 31.4 Å². The molecule has 2 aliphatic heterocycles. The summed E-state index contributed by atoms with van der Waals surface area (Å²) in [6.07, 6.45) is 1.58. The van der Waals surface area contributed by atoms with Gasteiger partial charge in [-0.25, -0.2) is 4.79 Å². The number of rotatable bonds is 8. The van der Waals surface area contributed by atoms with Gasteiger partial charge in [0.25, 0.3) is 0 Å². The second-order valence-corrected chi connectivity index (χ2v) is 7.51. The highest BCUT2D eigenvalue weighted by Gasteiger charge is 2.47. The zero-order chi connectivity index (χ0) is 19.9. The van der Waals surface area contributed by atoms with Crippen LogP contribution in [0.4, 0.5) is 4.79 Å². The van der Waals surface area contributed by atoms with E-state index in [1.165, 1.54) is 0 Å². The van der Waals surface area contributed by atoms with Crippen LogP contribution in [-0.4, -0.2) is 43.7 Å². The first-order valence-electron chi connectivity index (χ1n) is 9.95. The fraction of sp³-hybridized carbons (Fsp3) is 0.619. The van der Waals surface area contributed by atoms with Gasteiger partial charge in [-0.1, -0.05) is 37.3 Å². The van der Waals surface area contributed by atoms with Gasteiger partial charge < -0.3 is 24.3 Å². The molecule has 0 saturated carbocycles. The number of carbonyl (C=O) groups is 2. The molecule has 5 unspecified atom stereocenters. The van der Waals surface area contributed by atoms with Crippen LogP contribution in [0, 0.1) is 11.8 Å². The second-order valence-electron chi connectivity index (χ2n) is 7.51. The lowest BCUT2D eigenvalue weighted by Crippen LogP contribution is -2.65. The van der Waals surface area contributed by atoms with Crippen molar-refractivity contribution >= 4 is 12.1 Å². The van der Waals surface area contributed by atoms with Crippen LogP contribution in [0.25, 0.3) is 0 Å². The summed E-state index contributed by atoms with van der Waals surface area (Å²) < 4.78 is 21.9. The average Bonchev–Trinajstić information content (AvgIpc) is 2.70. The summed E-state index contributed by atoms with van der Waals surface area (Å²) in [4.78, 5) is 24.0. The van der Waals surface area contributed by atoms with Crippen molar-refractivity contribution in [1.82, 2.24) is 5.32 Å². The molecule has 0 radical (unpaired) electrons. The van der Waals surface area contributed by atoms with Crippen LogP contribution >= 0.6 is 0 Å². The number of β-lactam (4-membered cyclic amide) rings is 1. The van der Waals surface area contributed by atoms with Gasteiger partial charge in [-0.2, -0.15) is 0 Å². The predicted octanol–water partition coefficient (Wildman–Crippen LogP) is 3.02. The summed E-state index contributed by atoms with van der Waals surface area (Å²) in [5, 5.41) is 2.90. The molecule has 1 N–H and O–H groups in total. The molecule has 2 aliphatic rings. The molecular formula is C21H29NO6. The fourth-order valence-electron chi connectivity index (χ4n) is 3.60. The van der Waals surface area contributed by atoms with Crippen LogP contribution in [0.3, 0.4) is 0 Å². The lowest BCUT2D eigenvalue weighted by Gasteiger charge is -2.43. The van der Waals surface area contributed by atoms with Crippen LogP contribution in [-0.2, 0) is 30.3 Å². The molecule has 2 saturated heterocycles. The van der Waals surface area contributed by atoms with Gasteiger partial charge in [-0.15, -0.1) is 0 Å². The molecule has 154 valence electrons. The van der Waals surface area contributed by atoms with Gasteiger partial charge in [-0.05, 0) is 31.7 Å². The van der Waals surface area contributed by atoms with Crippen molar-refractivity contribution in [3.05, 3.63) is 35.9 Å². The molecule has 0 spiro atoms. The maximum absolute atomic E-state index is 12.0. The highest BCUT2D eigenvalue weighted by Crippen LogP contribution is 2.28. The molecule has 5 atom stereocenters. The summed E-state index contributed by atoms with van der Waals surface area (Å²) in [5.74, 6) is -0.441. The first-order chi connectivity index (χ1) is 13.5. The van der Waals surface area contributed by atoms with E-state index in [1.54, 1.807) is 6.92 Å². The Bertz CT molecular complexity index is 646. The lowest BCUT2D eigenvalue weighted by molar-refractivity contribution is -0.174. The van der Waals surface area contributed by atoms with Crippen LogP contribution in [0.2, 0.25) is 0 Å². The van der Waals surface area contributed by atoms with Crippen LogP contribution < -0.4 is 5.32 Å². The second kappa shape index (κ2) is 9.89. The molecule has 1 aromatic rings. The number of carbonyl (C=O) groups excluding carboxylic acids is 2. The molecule has 1 amide bonds. The standard InChI is InChI=1S/C21H29NO6/c1-14(12-26-17-10-6-7-11-25-17)19-18(20(23)22-19)15(2)28-21(24)27-13-16-8-4-3-5-9-16/h3-5,8-9,14-15,17-19H,6-7,10-13H2,1-2H3,(H,22,23). The predicted molar refractivity (Wildman–Crippen MR) is 101 cm³/mol. The summed E-state index contributed by atoms with van der Waals surface area (Å²) >= 11 is 0. The summed E-state index contributed by atoms with van der Waals surface area (Å²) in [5.41, 5.74) is 0.877. The smallest absolute Gasteiger partial charge is 0.430 e. The molecule has 3 rings (SSSR count). The molecule has 28 heavy (non-hydrogen) atoms. The molecule has 7 nitrogen and oxygen atoms in total.